The summed E-state index contributed by atoms with van der Waals surface area (Å²) in [6, 6.07) is 0. The molecule has 4 rings (SSSR count). The maximum absolute atomic E-state index is 6.26. The van der Waals surface area contributed by atoms with Gasteiger partial charge in [-0.25, -0.2) is 0 Å². The molecule has 0 radical (unpaired) electrons. The molecule has 1 heteroatoms. The van der Waals surface area contributed by atoms with Crippen molar-refractivity contribution in [1.29, 1.82) is 0 Å². The van der Waals surface area contributed by atoms with Gasteiger partial charge in [-0.2, -0.15) is 0 Å². The van der Waals surface area contributed by atoms with Gasteiger partial charge in [0.2, 0.25) is 0 Å². The molecule has 4 aliphatic rings. The van der Waals surface area contributed by atoms with Gasteiger partial charge in [-0.05, 0) is 87.9 Å². The molecule has 0 aromatic heterocycles. The van der Waals surface area contributed by atoms with Crippen molar-refractivity contribution in [3.63, 3.8) is 0 Å². The summed E-state index contributed by atoms with van der Waals surface area (Å²) < 4.78 is 0. The van der Waals surface area contributed by atoms with Crippen molar-refractivity contribution in [3.8, 4) is 0 Å². The number of rotatable bonds is 3. The number of nitrogens with two attached hydrogens (primary N) is 1. The van der Waals surface area contributed by atoms with Crippen molar-refractivity contribution in [3.05, 3.63) is 0 Å². The molecule has 1 atom stereocenters. The van der Waals surface area contributed by atoms with Crippen molar-refractivity contribution < 1.29 is 0 Å². The highest BCUT2D eigenvalue weighted by molar-refractivity contribution is 5.04. The molecule has 4 aliphatic carbocycles. The summed E-state index contributed by atoms with van der Waals surface area (Å²) in [5, 5.41) is 0. The molecule has 1 nitrogen and oxygen atoms in total. The predicted molar refractivity (Wildman–Crippen MR) is 72.7 cm³/mol. The minimum Gasteiger partial charge on any atom is -0.326 e. The van der Waals surface area contributed by atoms with Gasteiger partial charge < -0.3 is 5.73 Å². The summed E-state index contributed by atoms with van der Waals surface area (Å²) in [5.74, 6) is 4.05. The Balaban J connectivity index is 1.77. The van der Waals surface area contributed by atoms with Crippen molar-refractivity contribution in [2.45, 2.75) is 71.3 Å². The van der Waals surface area contributed by atoms with Crippen LogP contribution in [0.2, 0.25) is 0 Å². The van der Waals surface area contributed by atoms with E-state index in [-0.39, 0.29) is 5.54 Å². The zero-order chi connectivity index (χ0) is 12.3. The van der Waals surface area contributed by atoms with Gasteiger partial charge in [0.1, 0.15) is 0 Å². The van der Waals surface area contributed by atoms with E-state index >= 15 is 0 Å². The fraction of sp³-hybridized carbons (Fsp3) is 1.00. The largest absolute Gasteiger partial charge is 0.326 e. The Hall–Kier alpha value is -0.0400. The maximum atomic E-state index is 6.26. The first-order chi connectivity index (χ1) is 7.86. The Morgan fingerprint density at radius 2 is 1.47 bits per heavy atom. The van der Waals surface area contributed by atoms with Crippen LogP contribution in [0.25, 0.3) is 0 Å². The number of hydrogen-bond donors (Lipinski definition) is 1. The van der Waals surface area contributed by atoms with E-state index in [4.69, 9.17) is 5.73 Å². The van der Waals surface area contributed by atoms with E-state index in [9.17, 15) is 0 Å². The third-order valence-corrected chi connectivity index (χ3v) is 5.96. The quantitative estimate of drug-likeness (QED) is 0.787. The van der Waals surface area contributed by atoms with E-state index in [1.165, 1.54) is 25.7 Å². The molecule has 1 unspecified atom stereocenters. The van der Waals surface area contributed by atoms with Gasteiger partial charge in [-0.3, -0.25) is 0 Å². The Morgan fingerprint density at radius 1 is 1.06 bits per heavy atom. The molecule has 4 saturated carbocycles. The zero-order valence-corrected chi connectivity index (χ0v) is 11.8. The molecule has 0 saturated heterocycles. The van der Waals surface area contributed by atoms with Crippen LogP contribution >= 0.6 is 0 Å². The molecule has 4 bridgehead atoms. The summed E-state index contributed by atoms with van der Waals surface area (Å²) in [6.07, 6.45) is 10.4. The van der Waals surface area contributed by atoms with Gasteiger partial charge in [-0.15, -0.1) is 0 Å². The lowest BCUT2D eigenvalue weighted by Gasteiger charge is -2.59. The van der Waals surface area contributed by atoms with Crippen LogP contribution in [0.4, 0.5) is 0 Å². The molecule has 98 valence electrons. The molecule has 0 aromatic rings. The van der Waals surface area contributed by atoms with E-state index < -0.39 is 0 Å². The van der Waals surface area contributed by atoms with Gasteiger partial charge in [-0.1, -0.05) is 6.92 Å². The minimum atomic E-state index is 0.0166. The van der Waals surface area contributed by atoms with Gasteiger partial charge in [0.25, 0.3) is 0 Å². The third-order valence-electron chi connectivity index (χ3n) is 5.96. The SMILES string of the molecule is CC(CC(C)(C)N)C12CC3CC(CC(C3)C1)C2. The van der Waals surface area contributed by atoms with Crippen LogP contribution in [0.15, 0.2) is 0 Å². The second-order valence-corrected chi connectivity index (χ2v) is 8.37. The average Bonchev–Trinajstić information content (AvgIpc) is 2.12. The monoisotopic (exact) mass is 235 g/mol. The van der Waals surface area contributed by atoms with Gasteiger partial charge in [0.15, 0.2) is 0 Å². The third kappa shape index (κ3) is 2.16. The fourth-order valence-electron chi connectivity index (χ4n) is 5.79. The molecule has 0 spiro atoms. The van der Waals surface area contributed by atoms with Crippen LogP contribution < -0.4 is 5.73 Å². The fourth-order valence-corrected chi connectivity index (χ4v) is 5.79. The highest BCUT2D eigenvalue weighted by atomic mass is 14.7. The average molecular weight is 235 g/mol. The van der Waals surface area contributed by atoms with Crippen LogP contribution in [-0.2, 0) is 0 Å². The van der Waals surface area contributed by atoms with E-state index in [0.29, 0.717) is 5.41 Å². The normalized spacial score (nSPS) is 46.2. The molecule has 0 amide bonds. The Labute approximate surface area is 107 Å². The zero-order valence-electron chi connectivity index (χ0n) is 11.8. The Bertz CT molecular complexity index is 264. The standard InChI is InChI=1S/C16H29N/c1-11(7-15(2,3)17)16-8-12-4-13(9-16)6-14(5-12)10-16/h11-14H,4-10,17H2,1-3H3. The first-order valence-electron chi connectivity index (χ1n) is 7.65. The van der Waals surface area contributed by atoms with E-state index in [1.807, 2.05) is 0 Å². The van der Waals surface area contributed by atoms with Crippen LogP contribution in [0, 0.1) is 29.1 Å². The van der Waals surface area contributed by atoms with Crippen molar-refractivity contribution >= 4 is 0 Å². The molecule has 0 aliphatic heterocycles. The predicted octanol–water partition coefficient (Wildman–Crippen LogP) is 3.97. The lowest BCUT2D eigenvalue weighted by atomic mass is 9.46. The number of hydrogen-bond acceptors (Lipinski definition) is 1. The van der Waals surface area contributed by atoms with Crippen LogP contribution in [0.5, 0.6) is 0 Å². The van der Waals surface area contributed by atoms with Gasteiger partial charge in [0.05, 0.1) is 0 Å². The van der Waals surface area contributed by atoms with Gasteiger partial charge >= 0.3 is 0 Å². The van der Waals surface area contributed by atoms with E-state index in [0.717, 1.165) is 23.7 Å². The van der Waals surface area contributed by atoms with Crippen LogP contribution in [-0.4, -0.2) is 5.54 Å². The van der Waals surface area contributed by atoms with Crippen LogP contribution in [0.1, 0.15) is 65.7 Å². The van der Waals surface area contributed by atoms with Crippen molar-refractivity contribution in [1.82, 2.24) is 0 Å². The maximum Gasteiger partial charge on any atom is 0.00997 e. The molecular weight excluding hydrogens is 206 g/mol. The summed E-state index contributed by atoms with van der Waals surface area (Å²) in [7, 11) is 0. The van der Waals surface area contributed by atoms with Crippen molar-refractivity contribution in [2.75, 3.05) is 0 Å². The molecule has 0 aromatic carbocycles. The second-order valence-electron chi connectivity index (χ2n) is 8.37. The lowest BCUT2D eigenvalue weighted by molar-refractivity contribution is -0.0878. The van der Waals surface area contributed by atoms with Crippen LogP contribution in [0.3, 0.4) is 0 Å². The topological polar surface area (TPSA) is 26.0 Å². The van der Waals surface area contributed by atoms with E-state index in [1.54, 1.807) is 19.3 Å². The summed E-state index contributed by atoms with van der Waals surface area (Å²) in [4.78, 5) is 0. The first-order valence-corrected chi connectivity index (χ1v) is 7.65. The smallest absolute Gasteiger partial charge is 0.00997 e. The molecule has 0 heterocycles. The lowest BCUT2D eigenvalue weighted by Crippen LogP contribution is -2.50. The highest BCUT2D eigenvalue weighted by Crippen LogP contribution is 2.63. The molecule has 4 fully saturated rings. The first kappa shape index (κ1) is 12.0. The summed E-state index contributed by atoms with van der Waals surface area (Å²) in [5.41, 5.74) is 6.96. The van der Waals surface area contributed by atoms with Gasteiger partial charge in [0, 0.05) is 5.54 Å². The molecular formula is C16H29N. The summed E-state index contributed by atoms with van der Waals surface area (Å²) >= 11 is 0. The molecule has 17 heavy (non-hydrogen) atoms. The van der Waals surface area contributed by atoms with Crippen molar-refractivity contribution in [2.24, 2.45) is 34.8 Å². The second kappa shape index (κ2) is 3.73. The summed E-state index contributed by atoms with van der Waals surface area (Å²) in [6.45, 7) is 6.88. The highest BCUT2D eigenvalue weighted by Gasteiger charge is 2.53. The van der Waals surface area contributed by atoms with E-state index in [2.05, 4.69) is 20.8 Å². The minimum absolute atomic E-state index is 0.0166. The molecule has 2 N–H and O–H groups in total. The Kier molecular flexibility index (Phi) is 2.63. The Morgan fingerprint density at radius 3 is 1.82 bits per heavy atom.